The zero-order valence-corrected chi connectivity index (χ0v) is 15.2. The minimum atomic E-state index is -1.21. The Morgan fingerprint density at radius 2 is 2.04 bits per heavy atom. The van der Waals surface area contributed by atoms with Crippen LogP contribution in [-0.2, 0) is 0 Å². The maximum Gasteiger partial charge on any atom is 0.339 e. The second kappa shape index (κ2) is 7.08. The molecule has 0 spiro atoms. The van der Waals surface area contributed by atoms with Crippen LogP contribution in [-0.4, -0.2) is 39.0 Å². The van der Waals surface area contributed by atoms with Crippen molar-refractivity contribution < 1.29 is 23.8 Å². The molecule has 28 heavy (non-hydrogen) atoms. The standard InChI is InChI=1S/C18H12N4O5S/c1-26-13-7-19-10(6-20-13)15-14(18(24)25)11(8-28-15)21-16(23)17-22-9-4-2-3-5-12(9)27-17/h2-8H,1H3,(H,21,23)(H,24,25). The third-order valence-corrected chi connectivity index (χ3v) is 4.81. The van der Waals surface area contributed by atoms with Crippen LogP contribution in [0.3, 0.4) is 0 Å². The average Bonchev–Trinajstić information content (AvgIpc) is 3.32. The van der Waals surface area contributed by atoms with E-state index in [2.05, 4.69) is 20.3 Å². The second-order valence-electron chi connectivity index (χ2n) is 5.54. The molecule has 0 radical (unpaired) electrons. The van der Waals surface area contributed by atoms with Crippen LogP contribution in [0, 0.1) is 0 Å². The molecule has 0 saturated carbocycles. The molecule has 0 unspecified atom stereocenters. The number of thiophene rings is 1. The molecule has 0 aliphatic rings. The van der Waals surface area contributed by atoms with Crippen molar-refractivity contribution in [1.82, 2.24) is 15.0 Å². The second-order valence-corrected chi connectivity index (χ2v) is 6.42. The van der Waals surface area contributed by atoms with Gasteiger partial charge in [-0.15, -0.1) is 11.3 Å². The van der Waals surface area contributed by atoms with E-state index in [1.165, 1.54) is 24.9 Å². The first-order valence-electron chi connectivity index (χ1n) is 7.95. The first-order valence-corrected chi connectivity index (χ1v) is 8.83. The van der Waals surface area contributed by atoms with Crippen molar-refractivity contribution in [1.29, 1.82) is 0 Å². The fraction of sp³-hybridized carbons (Fsp3) is 0.0556. The Morgan fingerprint density at radius 3 is 2.71 bits per heavy atom. The van der Waals surface area contributed by atoms with Crippen molar-refractivity contribution in [2.24, 2.45) is 0 Å². The molecular formula is C18H12N4O5S. The summed E-state index contributed by atoms with van der Waals surface area (Å²) in [7, 11) is 1.46. The monoisotopic (exact) mass is 396 g/mol. The van der Waals surface area contributed by atoms with Crippen LogP contribution in [0.2, 0.25) is 0 Å². The zero-order chi connectivity index (χ0) is 19.7. The van der Waals surface area contributed by atoms with Gasteiger partial charge in [-0.3, -0.25) is 4.79 Å². The smallest absolute Gasteiger partial charge is 0.339 e. The number of fused-ring (bicyclic) bond motifs is 1. The number of carboxylic acids is 1. The Morgan fingerprint density at radius 1 is 1.21 bits per heavy atom. The molecule has 2 N–H and O–H groups in total. The minimum Gasteiger partial charge on any atom is -0.480 e. The minimum absolute atomic E-state index is 0.0890. The molecule has 0 bridgehead atoms. The zero-order valence-electron chi connectivity index (χ0n) is 14.4. The molecule has 4 rings (SSSR count). The van der Waals surface area contributed by atoms with Gasteiger partial charge in [-0.25, -0.2) is 19.7 Å². The number of hydrogen-bond donors (Lipinski definition) is 2. The van der Waals surface area contributed by atoms with Crippen molar-refractivity contribution in [3.8, 4) is 16.5 Å². The van der Waals surface area contributed by atoms with Crippen molar-refractivity contribution >= 4 is 40.0 Å². The predicted octanol–water partition coefficient (Wildman–Crippen LogP) is 3.31. The van der Waals surface area contributed by atoms with Gasteiger partial charge in [0.1, 0.15) is 11.1 Å². The van der Waals surface area contributed by atoms with Crippen LogP contribution in [0.25, 0.3) is 21.7 Å². The number of nitrogens with one attached hydrogen (secondary N) is 1. The summed E-state index contributed by atoms with van der Waals surface area (Å²) in [5, 5.41) is 13.7. The average molecular weight is 396 g/mol. The summed E-state index contributed by atoms with van der Waals surface area (Å²) < 4.78 is 10.4. The highest BCUT2D eigenvalue weighted by Gasteiger charge is 2.24. The van der Waals surface area contributed by atoms with Crippen LogP contribution in [0.4, 0.5) is 5.69 Å². The number of benzene rings is 1. The van der Waals surface area contributed by atoms with Crippen molar-refractivity contribution in [2.45, 2.75) is 0 Å². The Kier molecular flexibility index (Phi) is 4.45. The highest BCUT2D eigenvalue weighted by Crippen LogP contribution is 2.35. The number of carboxylic acid groups (broad SMARTS) is 1. The predicted molar refractivity (Wildman–Crippen MR) is 101 cm³/mol. The van der Waals surface area contributed by atoms with Gasteiger partial charge in [0.25, 0.3) is 5.89 Å². The molecule has 0 aliphatic heterocycles. The van der Waals surface area contributed by atoms with E-state index in [9.17, 15) is 14.7 Å². The lowest BCUT2D eigenvalue weighted by molar-refractivity contribution is 0.0699. The number of hydrogen-bond acceptors (Lipinski definition) is 8. The number of methoxy groups -OCH3 is 1. The van der Waals surface area contributed by atoms with Gasteiger partial charge in [0.2, 0.25) is 5.88 Å². The van der Waals surface area contributed by atoms with Gasteiger partial charge in [0.05, 0.1) is 35.8 Å². The highest BCUT2D eigenvalue weighted by molar-refractivity contribution is 7.14. The molecule has 0 aliphatic carbocycles. The molecule has 10 heteroatoms. The van der Waals surface area contributed by atoms with E-state index in [0.29, 0.717) is 27.6 Å². The lowest BCUT2D eigenvalue weighted by Gasteiger charge is -2.04. The van der Waals surface area contributed by atoms with E-state index in [1.807, 2.05) is 0 Å². The number of aromatic nitrogens is 3. The number of carbonyl (C=O) groups is 2. The number of carbonyl (C=O) groups excluding carboxylic acids is 1. The maximum atomic E-state index is 12.5. The lowest BCUT2D eigenvalue weighted by atomic mass is 10.2. The summed E-state index contributed by atoms with van der Waals surface area (Å²) in [6.07, 6.45) is 2.79. The Bertz CT molecular complexity index is 1150. The quantitative estimate of drug-likeness (QED) is 0.526. The largest absolute Gasteiger partial charge is 0.480 e. The number of aromatic carboxylic acids is 1. The molecular weight excluding hydrogens is 384 g/mol. The number of rotatable bonds is 5. The van der Waals surface area contributed by atoms with Crippen molar-refractivity contribution in [2.75, 3.05) is 12.4 Å². The SMILES string of the molecule is COc1cnc(-c2scc(NC(=O)c3nc4ccccc4o3)c2C(=O)O)cn1. The number of anilines is 1. The fourth-order valence-corrected chi connectivity index (χ4v) is 3.49. The van der Waals surface area contributed by atoms with Crippen molar-refractivity contribution in [3.05, 3.63) is 53.5 Å². The topological polar surface area (TPSA) is 127 Å². The molecule has 3 heterocycles. The Labute approximate surface area is 161 Å². The molecule has 1 amide bonds. The molecule has 0 saturated heterocycles. The normalized spacial score (nSPS) is 10.8. The van der Waals surface area contributed by atoms with Crippen LogP contribution in [0.15, 0.2) is 46.5 Å². The van der Waals surface area contributed by atoms with Crippen LogP contribution >= 0.6 is 11.3 Å². The fourth-order valence-electron chi connectivity index (χ4n) is 2.53. The molecule has 140 valence electrons. The third-order valence-electron chi connectivity index (χ3n) is 3.81. The van der Waals surface area contributed by atoms with Crippen molar-refractivity contribution in [3.63, 3.8) is 0 Å². The van der Waals surface area contributed by atoms with Gasteiger partial charge in [0, 0.05) is 5.38 Å². The van der Waals surface area contributed by atoms with Crippen LogP contribution < -0.4 is 10.1 Å². The summed E-state index contributed by atoms with van der Waals surface area (Å²) in [5.41, 5.74) is 1.38. The number of oxazole rings is 1. The number of nitrogens with zero attached hydrogens (tertiary/aromatic N) is 3. The van der Waals surface area contributed by atoms with Gasteiger partial charge in [-0.05, 0) is 12.1 Å². The van der Waals surface area contributed by atoms with E-state index in [4.69, 9.17) is 9.15 Å². The first-order chi connectivity index (χ1) is 13.6. The first kappa shape index (κ1) is 17.6. The summed E-state index contributed by atoms with van der Waals surface area (Å²) in [5.74, 6) is -1.71. The van der Waals surface area contributed by atoms with Gasteiger partial charge in [0.15, 0.2) is 5.58 Å². The molecule has 0 fully saturated rings. The summed E-state index contributed by atoms with van der Waals surface area (Å²) in [6.45, 7) is 0. The van der Waals surface area contributed by atoms with E-state index < -0.39 is 11.9 Å². The number of amides is 1. The van der Waals surface area contributed by atoms with E-state index >= 15 is 0 Å². The molecule has 4 aromatic rings. The molecule has 3 aromatic heterocycles. The Balaban J connectivity index is 1.66. The van der Waals surface area contributed by atoms with Crippen LogP contribution in [0.5, 0.6) is 5.88 Å². The van der Waals surface area contributed by atoms with Gasteiger partial charge >= 0.3 is 11.9 Å². The molecule has 0 atom stereocenters. The van der Waals surface area contributed by atoms with Gasteiger partial charge in [-0.1, -0.05) is 12.1 Å². The maximum absolute atomic E-state index is 12.5. The lowest BCUT2D eigenvalue weighted by Crippen LogP contribution is -2.14. The summed E-state index contributed by atoms with van der Waals surface area (Å²) in [4.78, 5) is 36.9. The van der Waals surface area contributed by atoms with Gasteiger partial charge < -0.3 is 19.6 Å². The summed E-state index contributed by atoms with van der Waals surface area (Å²) in [6, 6.07) is 6.94. The molecule has 9 nitrogen and oxygen atoms in total. The van der Waals surface area contributed by atoms with E-state index in [0.717, 1.165) is 11.3 Å². The summed E-state index contributed by atoms with van der Waals surface area (Å²) >= 11 is 1.12. The highest BCUT2D eigenvalue weighted by atomic mass is 32.1. The Hall–Kier alpha value is -3.79. The van der Waals surface area contributed by atoms with E-state index in [1.54, 1.807) is 24.3 Å². The van der Waals surface area contributed by atoms with Gasteiger partial charge in [-0.2, -0.15) is 0 Å². The van der Waals surface area contributed by atoms with E-state index in [-0.39, 0.29) is 17.1 Å². The van der Waals surface area contributed by atoms with Crippen LogP contribution in [0.1, 0.15) is 21.0 Å². The third kappa shape index (κ3) is 3.16. The molecule has 1 aromatic carbocycles. The number of ether oxygens (including phenoxy) is 1. The number of para-hydroxylation sites is 2.